The van der Waals surface area contributed by atoms with Crippen LogP contribution in [0.4, 0.5) is 18.9 Å². The maximum absolute atomic E-state index is 14.4. The van der Waals surface area contributed by atoms with Gasteiger partial charge in [-0.15, -0.1) is 0 Å². The summed E-state index contributed by atoms with van der Waals surface area (Å²) in [5, 5.41) is 10.7. The van der Waals surface area contributed by atoms with Gasteiger partial charge in [-0.1, -0.05) is 6.07 Å². The van der Waals surface area contributed by atoms with Crippen molar-refractivity contribution in [2.75, 3.05) is 5.32 Å². The fraction of sp³-hybridized carbons (Fsp3) is 0.158. The number of nitrogens with zero attached hydrogens (tertiary/aromatic N) is 5. The molecule has 10 heteroatoms. The maximum Gasteiger partial charge on any atom is 0.259 e. The molecule has 0 radical (unpaired) electrons. The lowest BCUT2D eigenvalue weighted by Gasteiger charge is -2.10. The number of hydrogen-bond acceptors (Lipinski definition) is 4. The van der Waals surface area contributed by atoms with Crippen LogP contribution < -0.4 is 5.32 Å². The number of rotatable bonds is 5. The molecular weight excluding hydrogens is 385 g/mol. The molecule has 0 saturated carbocycles. The van der Waals surface area contributed by atoms with Crippen LogP contribution in [-0.2, 0) is 6.54 Å². The third-order valence-electron chi connectivity index (χ3n) is 4.34. The van der Waals surface area contributed by atoms with E-state index in [9.17, 15) is 18.0 Å². The Morgan fingerprint density at radius 1 is 1.28 bits per heavy atom. The molecule has 29 heavy (non-hydrogen) atoms. The number of anilines is 1. The molecule has 0 unspecified atom stereocenters. The molecule has 0 bridgehead atoms. The average molecular weight is 400 g/mol. The second-order valence-electron chi connectivity index (χ2n) is 6.37. The second-order valence-corrected chi connectivity index (χ2v) is 6.37. The lowest BCUT2D eigenvalue weighted by atomic mass is 10.1. The molecule has 1 amide bonds. The number of carbonyl (C=O) groups is 1. The van der Waals surface area contributed by atoms with Gasteiger partial charge in [0.1, 0.15) is 18.7 Å². The van der Waals surface area contributed by atoms with E-state index in [2.05, 4.69) is 20.5 Å². The average Bonchev–Trinajstić information content (AvgIpc) is 3.30. The number of halogens is 3. The van der Waals surface area contributed by atoms with Gasteiger partial charge in [0.15, 0.2) is 5.82 Å². The Kier molecular flexibility index (Phi) is 4.75. The lowest BCUT2D eigenvalue weighted by molar-refractivity contribution is 0.102. The molecule has 4 aromatic rings. The van der Waals surface area contributed by atoms with Gasteiger partial charge in [-0.25, -0.2) is 27.4 Å². The second kappa shape index (κ2) is 7.38. The lowest BCUT2D eigenvalue weighted by Crippen LogP contribution is -2.13. The highest BCUT2D eigenvalue weighted by molar-refractivity contribution is 6.09. The van der Waals surface area contributed by atoms with E-state index in [1.165, 1.54) is 18.3 Å². The van der Waals surface area contributed by atoms with E-state index in [0.29, 0.717) is 22.3 Å². The largest absolute Gasteiger partial charge is 0.322 e. The van der Waals surface area contributed by atoms with Crippen molar-refractivity contribution in [3.8, 4) is 11.4 Å². The SMILES string of the molecule is Cc1cc(F)c(-c2ncn(CC(F)F)n2)cc1NC(=O)c1cnn2ccccc12. The van der Waals surface area contributed by atoms with E-state index in [4.69, 9.17) is 0 Å². The first-order chi connectivity index (χ1) is 13.9. The Morgan fingerprint density at radius 3 is 2.90 bits per heavy atom. The molecule has 0 aliphatic rings. The van der Waals surface area contributed by atoms with Crippen LogP contribution in [0.5, 0.6) is 0 Å². The first kappa shape index (κ1) is 18.7. The van der Waals surface area contributed by atoms with Crippen LogP contribution in [0.25, 0.3) is 16.9 Å². The first-order valence-electron chi connectivity index (χ1n) is 8.64. The molecule has 4 rings (SSSR count). The van der Waals surface area contributed by atoms with Crippen LogP contribution in [0.1, 0.15) is 15.9 Å². The molecule has 3 aromatic heterocycles. The molecule has 1 N–H and O–H groups in total. The predicted octanol–water partition coefficient (Wildman–Crippen LogP) is 3.56. The number of carbonyl (C=O) groups excluding carboxylic acids is 1. The maximum atomic E-state index is 14.4. The van der Waals surface area contributed by atoms with E-state index in [1.54, 1.807) is 35.8 Å². The van der Waals surface area contributed by atoms with Gasteiger partial charge in [0.05, 0.1) is 22.8 Å². The molecule has 0 aliphatic heterocycles. The highest BCUT2D eigenvalue weighted by Crippen LogP contribution is 2.27. The van der Waals surface area contributed by atoms with Crippen molar-refractivity contribution in [1.82, 2.24) is 24.4 Å². The normalized spacial score (nSPS) is 11.3. The third kappa shape index (κ3) is 3.68. The highest BCUT2D eigenvalue weighted by Gasteiger charge is 2.18. The highest BCUT2D eigenvalue weighted by atomic mass is 19.3. The van der Waals surface area contributed by atoms with Gasteiger partial charge >= 0.3 is 0 Å². The summed E-state index contributed by atoms with van der Waals surface area (Å²) in [7, 11) is 0. The van der Waals surface area contributed by atoms with Crippen molar-refractivity contribution in [2.24, 2.45) is 0 Å². The molecule has 0 spiro atoms. The fourth-order valence-corrected chi connectivity index (χ4v) is 2.93. The monoisotopic (exact) mass is 400 g/mol. The smallest absolute Gasteiger partial charge is 0.259 e. The zero-order valence-electron chi connectivity index (χ0n) is 15.2. The van der Waals surface area contributed by atoms with Crippen molar-refractivity contribution in [3.63, 3.8) is 0 Å². The molecule has 0 atom stereocenters. The molecule has 0 fully saturated rings. The number of benzene rings is 1. The fourth-order valence-electron chi connectivity index (χ4n) is 2.93. The Labute approximate surface area is 162 Å². The van der Waals surface area contributed by atoms with Crippen LogP contribution in [0, 0.1) is 12.7 Å². The van der Waals surface area contributed by atoms with Crippen molar-refractivity contribution in [3.05, 3.63) is 66.0 Å². The minimum atomic E-state index is -2.60. The number of pyridine rings is 1. The summed E-state index contributed by atoms with van der Waals surface area (Å²) >= 11 is 0. The van der Waals surface area contributed by atoms with Crippen LogP contribution >= 0.6 is 0 Å². The standard InChI is InChI=1S/C19H15F3N6O/c1-11-6-14(20)12(18-23-10-27(26-18)9-17(21)22)7-15(11)25-19(29)13-8-24-28-5-3-2-4-16(13)28/h2-8,10,17H,9H2,1H3,(H,25,29). The summed E-state index contributed by atoms with van der Waals surface area (Å²) in [5.74, 6) is -1.08. The van der Waals surface area contributed by atoms with Crippen LogP contribution in [0.3, 0.4) is 0 Å². The van der Waals surface area contributed by atoms with Crippen molar-refractivity contribution < 1.29 is 18.0 Å². The number of amides is 1. The Hall–Kier alpha value is -3.69. The quantitative estimate of drug-likeness (QED) is 0.556. The molecule has 148 valence electrons. The Morgan fingerprint density at radius 2 is 2.10 bits per heavy atom. The van der Waals surface area contributed by atoms with Crippen molar-refractivity contribution >= 4 is 17.1 Å². The molecule has 3 heterocycles. The van der Waals surface area contributed by atoms with E-state index in [-0.39, 0.29) is 11.4 Å². The molecule has 0 aliphatic carbocycles. The number of aryl methyl sites for hydroxylation is 1. The summed E-state index contributed by atoms with van der Waals surface area (Å²) in [6.45, 7) is 1.00. The number of aromatic nitrogens is 5. The minimum absolute atomic E-state index is 0.00113. The Balaban J connectivity index is 1.65. The number of hydrogen-bond donors (Lipinski definition) is 1. The summed E-state index contributed by atoms with van der Waals surface area (Å²) in [5.41, 5.74) is 1.82. The zero-order valence-corrected chi connectivity index (χ0v) is 15.2. The molecular formula is C19H15F3N6O. The van der Waals surface area contributed by atoms with Gasteiger partial charge in [-0.3, -0.25) is 4.79 Å². The summed E-state index contributed by atoms with van der Waals surface area (Å²) < 4.78 is 42.0. The van der Waals surface area contributed by atoms with Crippen molar-refractivity contribution in [2.45, 2.75) is 19.9 Å². The molecule has 7 nitrogen and oxygen atoms in total. The number of nitrogens with one attached hydrogen (secondary N) is 1. The van der Waals surface area contributed by atoms with E-state index in [1.807, 2.05) is 0 Å². The van der Waals surface area contributed by atoms with Crippen LogP contribution in [0.2, 0.25) is 0 Å². The molecule has 0 saturated heterocycles. The number of alkyl halides is 2. The third-order valence-corrected chi connectivity index (χ3v) is 4.34. The summed E-state index contributed by atoms with van der Waals surface area (Å²) in [4.78, 5) is 16.6. The van der Waals surface area contributed by atoms with Crippen molar-refractivity contribution in [1.29, 1.82) is 0 Å². The summed E-state index contributed by atoms with van der Waals surface area (Å²) in [6.07, 6.45) is 1.67. The van der Waals surface area contributed by atoms with Gasteiger partial charge < -0.3 is 5.32 Å². The topological polar surface area (TPSA) is 77.1 Å². The van der Waals surface area contributed by atoms with E-state index in [0.717, 1.165) is 11.0 Å². The Bertz CT molecular complexity index is 1200. The zero-order chi connectivity index (χ0) is 20.5. The van der Waals surface area contributed by atoms with Gasteiger partial charge in [-0.05, 0) is 36.8 Å². The summed E-state index contributed by atoms with van der Waals surface area (Å²) in [6, 6.07) is 7.95. The van der Waals surface area contributed by atoms with Gasteiger partial charge in [0.2, 0.25) is 0 Å². The minimum Gasteiger partial charge on any atom is -0.322 e. The van der Waals surface area contributed by atoms with Crippen LogP contribution in [0.15, 0.2) is 49.1 Å². The molecule has 1 aromatic carbocycles. The predicted molar refractivity (Wildman–Crippen MR) is 99.3 cm³/mol. The van der Waals surface area contributed by atoms with Gasteiger partial charge in [0.25, 0.3) is 12.3 Å². The van der Waals surface area contributed by atoms with E-state index < -0.39 is 24.7 Å². The van der Waals surface area contributed by atoms with Gasteiger partial charge in [0, 0.05) is 11.9 Å². The number of fused-ring (bicyclic) bond motifs is 1. The van der Waals surface area contributed by atoms with Crippen LogP contribution in [-0.4, -0.2) is 36.7 Å². The first-order valence-corrected chi connectivity index (χ1v) is 8.64. The van der Waals surface area contributed by atoms with E-state index >= 15 is 0 Å². The van der Waals surface area contributed by atoms with Gasteiger partial charge in [-0.2, -0.15) is 10.2 Å².